The zero-order chi connectivity index (χ0) is 14.8. The molecule has 0 saturated carbocycles. The van der Waals surface area contributed by atoms with Gasteiger partial charge in [-0.05, 0) is 24.3 Å². The minimum atomic E-state index is -1.11. The number of hydrogen-bond donors (Lipinski definition) is 1. The third kappa shape index (κ3) is 2.79. The molecule has 8 heteroatoms. The average Bonchev–Trinajstić information content (AvgIpc) is 3.07. The van der Waals surface area contributed by atoms with Crippen molar-refractivity contribution < 1.29 is 9.90 Å². The predicted molar refractivity (Wildman–Crippen MR) is 78.6 cm³/mol. The van der Waals surface area contributed by atoms with Gasteiger partial charge in [-0.3, -0.25) is 4.98 Å². The first-order valence-corrected chi connectivity index (χ1v) is 7.16. The van der Waals surface area contributed by atoms with Gasteiger partial charge < -0.3 is 5.11 Å². The lowest BCUT2D eigenvalue weighted by Gasteiger charge is -2.05. The smallest absolute Gasteiger partial charge is 0.358 e. The van der Waals surface area contributed by atoms with Crippen molar-refractivity contribution in [2.75, 3.05) is 0 Å². The van der Waals surface area contributed by atoms with Gasteiger partial charge >= 0.3 is 5.97 Å². The number of hydrogen-bond acceptors (Lipinski definition) is 5. The highest BCUT2D eigenvalue weighted by Gasteiger charge is 2.20. The second-order valence-electron chi connectivity index (χ2n) is 4.19. The molecular weight excluding hydrogens is 312 g/mol. The van der Waals surface area contributed by atoms with Gasteiger partial charge in [0.1, 0.15) is 5.69 Å². The highest BCUT2D eigenvalue weighted by molar-refractivity contribution is 7.16. The molecule has 0 bridgehead atoms. The van der Waals surface area contributed by atoms with Crippen LogP contribution >= 0.6 is 22.9 Å². The fraction of sp³-hybridized carbons (Fsp3) is 0.0769. The summed E-state index contributed by atoms with van der Waals surface area (Å²) in [5.74, 6) is -1.11. The monoisotopic (exact) mass is 320 g/mol. The molecule has 0 atom stereocenters. The molecule has 0 saturated heterocycles. The van der Waals surface area contributed by atoms with E-state index in [1.165, 1.54) is 11.3 Å². The molecule has 0 amide bonds. The SMILES string of the molecule is O=C(O)c1nnn(Cc2ccc(Cl)s2)c1-c1ccncc1. The summed E-state index contributed by atoms with van der Waals surface area (Å²) in [6, 6.07) is 7.13. The number of carboxylic acid groups (broad SMARTS) is 1. The molecule has 0 unspecified atom stereocenters. The molecule has 0 aliphatic carbocycles. The van der Waals surface area contributed by atoms with Crippen molar-refractivity contribution in [1.29, 1.82) is 0 Å². The topological polar surface area (TPSA) is 80.9 Å². The van der Waals surface area contributed by atoms with Gasteiger partial charge in [0, 0.05) is 22.8 Å². The third-order valence-corrected chi connectivity index (χ3v) is 4.04. The van der Waals surface area contributed by atoms with Crippen molar-refractivity contribution >= 4 is 28.9 Å². The van der Waals surface area contributed by atoms with Crippen LogP contribution in [-0.2, 0) is 6.54 Å². The van der Waals surface area contributed by atoms with Crippen LogP contribution in [0.2, 0.25) is 4.34 Å². The number of rotatable bonds is 4. The molecule has 106 valence electrons. The molecule has 6 nitrogen and oxygen atoms in total. The van der Waals surface area contributed by atoms with Crippen LogP contribution in [0.3, 0.4) is 0 Å². The molecule has 0 aliphatic rings. The van der Waals surface area contributed by atoms with Gasteiger partial charge in [-0.25, -0.2) is 9.48 Å². The summed E-state index contributed by atoms with van der Waals surface area (Å²) in [5, 5.41) is 17.0. The number of thiophene rings is 1. The number of pyridine rings is 1. The van der Waals surface area contributed by atoms with Crippen LogP contribution < -0.4 is 0 Å². The Morgan fingerprint density at radius 3 is 2.67 bits per heavy atom. The largest absolute Gasteiger partial charge is 0.476 e. The van der Waals surface area contributed by atoms with Crippen molar-refractivity contribution in [3.05, 3.63) is 51.6 Å². The van der Waals surface area contributed by atoms with Gasteiger partial charge in [0.2, 0.25) is 0 Å². The summed E-state index contributed by atoms with van der Waals surface area (Å²) in [7, 11) is 0. The van der Waals surface area contributed by atoms with E-state index in [4.69, 9.17) is 11.6 Å². The highest BCUT2D eigenvalue weighted by Crippen LogP contribution is 2.26. The van der Waals surface area contributed by atoms with Crippen LogP contribution in [0.1, 0.15) is 15.4 Å². The Balaban J connectivity index is 2.07. The second kappa shape index (κ2) is 5.63. The standard InChI is InChI=1S/C13H9ClN4O2S/c14-10-2-1-9(21-10)7-18-12(8-3-5-15-6-4-8)11(13(19)20)16-17-18/h1-6H,7H2,(H,19,20). The maximum absolute atomic E-state index is 11.3. The van der Waals surface area contributed by atoms with E-state index < -0.39 is 5.97 Å². The highest BCUT2D eigenvalue weighted by atomic mass is 35.5. The van der Waals surface area contributed by atoms with Crippen molar-refractivity contribution in [2.45, 2.75) is 6.54 Å². The van der Waals surface area contributed by atoms with Crippen LogP contribution in [0.15, 0.2) is 36.7 Å². The molecule has 3 aromatic rings. The molecule has 0 fully saturated rings. The minimum absolute atomic E-state index is 0.0798. The zero-order valence-corrected chi connectivity index (χ0v) is 12.2. The molecular formula is C13H9ClN4O2S. The Bertz CT molecular complexity index is 785. The Hall–Kier alpha value is -2.25. The lowest BCUT2D eigenvalue weighted by Crippen LogP contribution is -2.05. The summed E-state index contributed by atoms with van der Waals surface area (Å²) in [4.78, 5) is 16.2. The maximum Gasteiger partial charge on any atom is 0.358 e. The summed E-state index contributed by atoms with van der Waals surface area (Å²) in [5.41, 5.74) is 1.08. The average molecular weight is 321 g/mol. The molecule has 0 spiro atoms. The zero-order valence-electron chi connectivity index (χ0n) is 10.6. The molecule has 3 heterocycles. The van der Waals surface area contributed by atoms with Crippen LogP contribution in [-0.4, -0.2) is 31.1 Å². The number of nitrogens with zero attached hydrogens (tertiary/aromatic N) is 4. The van der Waals surface area contributed by atoms with Gasteiger partial charge in [-0.1, -0.05) is 16.8 Å². The van der Waals surface area contributed by atoms with Crippen LogP contribution in [0.4, 0.5) is 0 Å². The van der Waals surface area contributed by atoms with E-state index in [2.05, 4.69) is 15.3 Å². The number of aromatic nitrogens is 4. The van der Waals surface area contributed by atoms with Gasteiger partial charge in [0.05, 0.1) is 10.9 Å². The number of halogens is 1. The molecule has 3 aromatic heterocycles. The Morgan fingerprint density at radius 2 is 2.05 bits per heavy atom. The van der Waals surface area contributed by atoms with Crippen molar-refractivity contribution in [2.24, 2.45) is 0 Å². The van der Waals surface area contributed by atoms with E-state index in [-0.39, 0.29) is 5.69 Å². The quantitative estimate of drug-likeness (QED) is 0.799. The molecule has 3 rings (SSSR count). The van der Waals surface area contributed by atoms with Crippen molar-refractivity contribution in [3.63, 3.8) is 0 Å². The van der Waals surface area contributed by atoms with Crippen molar-refractivity contribution in [1.82, 2.24) is 20.0 Å². The Labute approximate surface area is 128 Å². The van der Waals surface area contributed by atoms with E-state index in [9.17, 15) is 9.90 Å². The van der Waals surface area contributed by atoms with Crippen molar-refractivity contribution in [3.8, 4) is 11.3 Å². The summed E-state index contributed by atoms with van der Waals surface area (Å²) >= 11 is 7.33. The lowest BCUT2D eigenvalue weighted by molar-refractivity contribution is 0.0691. The van der Waals surface area contributed by atoms with Gasteiger partial charge in [0.15, 0.2) is 5.69 Å². The number of carboxylic acids is 1. The predicted octanol–water partition coefficient (Wildman–Crippen LogP) is 2.80. The summed E-state index contributed by atoms with van der Waals surface area (Å²) in [6.45, 7) is 0.412. The molecule has 0 radical (unpaired) electrons. The van der Waals surface area contributed by atoms with E-state index in [0.29, 0.717) is 22.1 Å². The first-order valence-electron chi connectivity index (χ1n) is 5.96. The lowest BCUT2D eigenvalue weighted by atomic mass is 10.1. The fourth-order valence-electron chi connectivity index (χ4n) is 1.95. The van der Waals surface area contributed by atoms with Gasteiger partial charge in [0.25, 0.3) is 0 Å². The molecule has 21 heavy (non-hydrogen) atoms. The summed E-state index contributed by atoms with van der Waals surface area (Å²) in [6.07, 6.45) is 3.20. The normalized spacial score (nSPS) is 10.7. The first-order chi connectivity index (χ1) is 10.1. The van der Waals surface area contributed by atoms with E-state index in [1.54, 1.807) is 35.3 Å². The van der Waals surface area contributed by atoms with Gasteiger partial charge in [-0.15, -0.1) is 16.4 Å². The van der Waals surface area contributed by atoms with Gasteiger partial charge in [-0.2, -0.15) is 0 Å². The van der Waals surface area contributed by atoms with E-state index in [0.717, 1.165) is 4.88 Å². The van der Waals surface area contributed by atoms with Crippen LogP contribution in [0.25, 0.3) is 11.3 Å². The van der Waals surface area contributed by atoms with Crippen LogP contribution in [0.5, 0.6) is 0 Å². The maximum atomic E-state index is 11.3. The van der Waals surface area contributed by atoms with Crippen LogP contribution in [0, 0.1) is 0 Å². The number of carbonyl (C=O) groups is 1. The Morgan fingerprint density at radius 1 is 1.29 bits per heavy atom. The van der Waals surface area contributed by atoms with E-state index >= 15 is 0 Å². The summed E-state index contributed by atoms with van der Waals surface area (Å²) < 4.78 is 2.23. The fourth-order valence-corrected chi connectivity index (χ4v) is 3.02. The first kappa shape index (κ1) is 13.7. The second-order valence-corrected chi connectivity index (χ2v) is 5.99. The molecule has 0 aromatic carbocycles. The minimum Gasteiger partial charge on any atom is -0.476 e. The number of aromatic carboxylic acids is 1. The third-order valence-electron chi connectivity index (χ3n) is 2.83. The molecule has 1 N–H and O–H groups in total. The Kier molecular flexibility index (Phi) is 3.68. The molecule has 0 aliphatic heterocycles. The van der Waals surface area contributed by atoms with E-state index in [1.807, 2.05) is 6.07 Å².